The van der Waals surface area contributed by atoms with E-state index in [2.05, 4.69) is 0 Å². The summed E-state index contributed by atoms with van der Waals surface area (Å²) in [7, 11) is 0. The predicted octanol–water partition coefficient (Wildman–Crippen LogP) is -9.28. The average molecular weight is 444 g/mol. The van der Waals surface area contributed by atoms with Crippen molar-refractivity contribution in [1.29, 1.82) is 0 Å². The van der Waals surface area contributed by atoms with Crippen LogP contribution in [-0.2, 0) is 24.0 Å². The number of carbonyl (C=O) groups is 4. The molecule has 0 radical (unpaired) electrons. The van der Waals surface area contributed by atoms with Crippen LogP contribution in [0.2, 0.25) is 0 Å². The number of aliphatic hydroxyl groups excluding tert-OH is 1. The zero-order chi connectivity index (χ0) is 18.4. The molecular weight excluding hydrogens is 409 g/mol. The number of aliphatic hydroxyl groups is 1. The first-order valence-electron chi connectivity index (χ1n) is 6.31. The molecule has 0 rings (SSSR count). The first-order chi connectivity index (χ1) is 9.53. The third kappa shape index (κ3) is 222. The second-order valence-corrected chi connectivity index (χ2v) is 3.73. The molecule has 1 atom stereocenters. The van der Waals surface area contributed by atoms with Gasteiger partial charge < -0.3 is 41.4 Å². The standard InChI is InChI=1S/C5H10O.C4H8O2.2C2H4O.C2H3O.3Na.4H2O/c1-4(2)5(3)6;1-3(5)4(2)6;3*1-2-3;;;;;;;/h4H,1-3H3;3,5H,1-2H3;2*2H,1H3;1H3;;;;4*1H2/q;;;;-1;3*+1;;;;/p-2. The van der Waals surface area contributed by atoms with Crippen LogP contribution in [0.25, 0.3) is 0 Å². The molecule has 7 N–H and O–H groups in total. The Kier molecular flexibility index (Phi) is 223. The van der Waals surface area contributed by atoms with Crippen LogP contribution in [0.3, 0.4) is 0 Å². The molecule has 0 aromatic rings. The van der Waals surface area contributed by atoms with Gasteiger partial charge in [-0.25, -0.2) is 0 Å². The number of carbonyl (C=O) groups excluding carboxylic acids is 5. The maximum absolute atomic E-state index is 10.1. The number of aldehydes is 2. The Labute approximate surface area is 235 Å². The van der Waals surface area contributed by atoms with Crippen LogP contribution in [0, 0.1) is 5.92 Å². The van der Waals surface area contributed by atoms with Crippen LogP contribution in [0.15, 0.2) is 0 Å². The van der Waals surface area contributed by atoms with E-state index in [0.29, 0.717) is 0 Å². The Bertz CT molecular complexity index is 245. The van der Waals surface area contributed by atoms with Crippen LogP contribution in [0.1, 0.15) is 55.4 Å². The number of hydrogen-bond acceptors (Lipinski definition) is 8. The fourth-order valence-electron chi connectivity index (χ4n) is 0. The van der Waals surface area contributed by atoms with E-state index in [1.807, 2.05) is 13.8 Å². The molecule has 0 heterocycles. The van der Waals surface area contributed by atoms with Gasteiger partial charge in [-0.1, -0.05) is 13.8 Å². The van der Waals surface area contributed by atoms with Crippen LogP contribution in [0.5, 0.6) is 0 Å². The molecule has 0 aliphatic heterocycles. The van der Waals surface area contributed by atoms with Gasteiger partial charge >= 0.3 is 88.7 Å². The van der Waals surface area contributed by atoms with Gasteiger partial charge in [0, 0.05) is 5.92 Å². The summed E-state index contributed by atoms with van der Waals surface area (Å²) in [5, 5.41) is 8.28. The molecule has 0 aromatic heterocycles. The van der Waals surface area contributed by atoms with Gasteiger partial charge in [-0.15, -0.1) is 0 Å². The van der Waals surface area contributed by atoms with Crippen LogP contribution >= 0.6 is 0 Å². The van der Waals surface area contributed by atoms with E-state index in [1.165, 1.54) is 40.9 Å². The second kappa shape index (κ2) is 79.6. The first kappa shape index (κ1) is 78.5. The van der Waals surface area contributed by atoms with Gasteiger partial charge in [0.15, 0.2) is 5.78 Å². The fraction of sp³-hybridized carbons (Fsp3) is 0.667. The molecule has 0 aliphatic carbocycles. The Hall–Kier alpha value is 1.15. The minimum Gasteiger partial charge on any atom is -0.870 e. The third-order valence-electron chi connectivity index (χ3n) is 1.40. The van der Waals surface area contributed by atoms with E-state index in [0.717, 1.165) is 12.6 Å². The molecule has 13 heteroatoms. The molecule has 0 fully saturated rings. The van der Waals surface area contributed by atoms with Crippen molar-refractivity contribution in [3.8, 4) is 0 Å². The van der Waals surface area contributed by atoms with E-state index in [4.69, 9.17) is 19.5 Å². The molecule has 28 heavy (non-hydrogen) atoms. The molecule has 0 saturated carbocycles. The maximum Gasteiger partial charge on any atom is 1.00 e. The summed E-state index contributed by atoms with van der Waals surface area (Å²) in [5.74, 6) is 0.287. The fourth-order valence-corrected chi connectivity index (χ4v) is 0. The quantitative estimate of drug-likeness (QED) is 0.243. The Morgan fingerprint density at radius 1 is 0.821 bits per heavy atom. The molecule has 1 unspecified atom stereocenters. The summed E-state index contributed by atoms with van der Waals surface area (Å²) in [6.07, 6.45) is 2.21. The van der Waals surface area contributed by atoms with E-state index < -0.39 is 6.10 Å². The maximum atomic E-state index is 10.1. The summed E-state index contributed by atoms with van der Waals surface area (Å²) in [5.41, 5.74) is 0. The summed E-state index contributed by atoms with van der Waals surface area (Å²) < 4.78 is 0. The van der Waals surface area contributed by atoms with E-state index in [1.54, 1.807) is 6.92 Å². The topological polar surface area (TPSA) is 229 Å². The number of hydrogen-bond donors (Lipinski definition) is 1. The average Bonchev–Trinajstić information content (AvgIpc) is 2.32. The second-order valence-electron chi connectivity index (χ2n) is 3.73. The van der Waals surface area contributed by atoms with Gasteiger partial charge in [-0.05, 0) is 34.6 Å². The van der Waals surface area contributed by atoms with E-state index in [9.17, 15) is 9.59 Å². The van der Waals surface area contributed by atoms with E-state index >= 15 is 0 Å². The van der Waals surface area contributed by atoms with Gasteiger partial charge in [0.1, 0.15) is 24.5 Å². The Morgan fingerprint density at radius 2 is 0.893 bits per heavy atom. The van der Waals surface area contributed by atoms with Gasteiger partial charge in [-0.2, -0.15) is 6.92 Å². The minimum atomic E-state index is -0.787. The molecule has 158 valence electrons. The first-order valence-corrected chi connectivity index (χ1v) is 6.31. The number of rotatable bonds is 2. The summed E-state index contributed by atoms with van der Waals surface area (Å²) in [4.78, 5) is 46.3. The summed E-state index contributed by atoms with van der Waals surface area (Å²) in [6, 6.07) is 0. The number of ketones is 2. The third-order valence-corrected chi connectivity index (χ3v) is 1.40. The summed E-state index contributed by atoms with van der Waals surface area (Å²) in [6.45, 7) is 12.4. The van der Waals surface area contributed by atoms with Crippen molar-refractivity contribution in [2.45, 2.75) is 61.5 Å². The van der Waals surface area contributed by atoms with Crippen molar-refractivity contribution < 1.29 is 140 Å². The van der Waals surface area contributed by atoms with Gasteiger partial charge in [0.2, 0.25) is 0 Å². The zero-order valence-corrected chi connectivity index (χ0v) is 25.2. The smallest absolute Gasteiger partial charge is 0.870 e. The Morgan fingerprint density at radius 3 is 0.893 bits per heavy atom. The molecule has 0 spiro atoms. The van der Waals surface area contributed by atoms with Crippen molar-refractivity contribution in [2.24, 2.45) is 5.92 Å². The van der Waals surface area contributed by atoms with E-state index in [-0.39, 0.29) is 128 Å². The van der Waals surface area contributed by atoms with Gasteiger partial charge in [-0.3, -0.25) is 15.9 Å². The largest absolute Gasteiger partial charge is 1.00 e. The van der Waals surface area contributed by atoms with Crippen molar-refractivity contribution in [1.82, 2.24) is 0 Å². The van der Waals surface area contributed by atoms with Crippen molar-refractivity contribution in [2.75, 3.05) is 0 Å². The van der Waals surface area contributed by atoms with Crippen molar-refractivity contribution in [3.05, 3.63) is 0 Å². The molecular formula is C15H35Na3O10. The zero-order valence-electron chi connectivity index (χ0n) is 19.2. The minimum absolute atomic E-state index is 0. The van der Waals surface area contributed by atoms with Crippen LogP contribution < -0.4 is 88.7 Å². The Balaban J connectivity index is -0.0000000111. The van der Waals surface area contributed by atoms with Gasteiger partial charge in [0.25, 0.3) is 0 Å². The molecule has 0 aromatic carbocycles. The predicted molar refractivity (Wildman–Crippen MR) is 93.8 cm³/mol. The normalized spacial score (nSPS) is 6.36. The van der Waals surface area contributed by atoms with Gasteiger partial charge in [0.05, 0.1) is 0 Å². The van der Waals surface area contributed by atoms with Crippen molar-refractivity contribution >= 4 is 30.4 Å². The molecule has 0 bridgehead atoms. The number of Topliss-reactive ketones (excluding diaryl/α,β-unsaturated/α-hetero) is 2. The monoisotopic (exact) mass is 444 g/mol. The molecule has 10 nitrogen and oxygen atoms in total. The van der Waals surface area contributed by atoms with Crippen LogP contribution in [0.4, 0.5) is 0 Å². The summed E-state index contributed by atoms with van der Waals surface area (Å²) >= 11 is 0. The molecule has 0 aliphatic rings. The molecule has 0 saturated heterocycles. The van der Waals surface area contributed by atoms with Crippen LogP contribution in [-0.4, -0.2) is 63.5 Å². The SMILES string of the molecule is CC(=O)C(C)C.CC(=O)C(C)O.CC=O.CC=O.C[C-]=O.O.O.[Na+].[Na+].[Na+].[OH-].[OH-]. The van der Waals surface area contributed by atoms with Crippen molar-refractivity contribution in [3.63, 3.8) is 0 Å². The molecule has 0 amide bonds.